The highest BCUT2D eigenvalue weighted by Crippen LogP contribution is 2.29. The molecule has 1 aromatic heterocycles. The molecule has 1 N–H and O–H groups in total. The molecule has 0 unspecified atom stereocenters. The van der Waals surface area contributed by atoms with Crippen LogP contribution in [0.4, 0.5) is 0 Å². The number of carboxylic acids is 1. The standard InChI is InChI=1S/C16H17NO4/c1-10-4-7-14(21-3)12(8-10)13-6-5-11(9-15(18)19)16(20)17(13)2/h4-8H,9H2,1-3H3,(H,18,19). The first kappa shape index (κ1) is 14.8. The van der Waals surface area contributed by atoms with Crippen molar-refractivity contribution in [3.63, 3.8) is 0 Å². The summed E-state index contributed by atoms with van der Waals surface area (Å²) in [6.07, 6.45) is -0.280. The van der Waals surface area contributed by atoms with Crippen LogP contribution >= 0.6 is 0 Å². The van der Waals surface area contributed by atoms with E-state index in [1.807, 2.05) is 25.1 Å². The van der Waals surface area contributed by atoms with Crippen LogP contribution in [0.15, 0.2) is 35.1 Å². The van der Waals surface area contributed by atoms with Crippen molar-refractivity contribution in [1.29, 1.82) is 0 Å². The van der Waals surface area contributed by atoms with Gasteiger partial charge in [0.25, 0.3) is 5.56 Å². The summed E-state index contributed by atoms with van der Waals surface area (Å²) in [6.45, 7) is 1.96. The molecule has 0 fully saturated rings. The highest BCUT2D eigenvalue weighted by molar-refractivity contribution is 5.71. The number of ether oxygens (including phenoxy) is 1. The van der Waals surface area contributed by atoms with Crippen molar-refractivity contribution in [3.05, 3.63) is 51.8 Å². The van der Waals surface area contributed by atoms with E-state index in [1.165, 1.54) is 4.57 Å². The van der Waals surface area contributed by atoms with Crippen molar-refractivity contribution in [1.82, 2.24) is 4.57 Å². The van der Waals surface area contributed by atoms with Crippen molar-refractivity contribution in [2.75, 3.05) is 7.11 Å². The van der Waals surface area contributed by atoms with Gasteiger partial charge in [-0.25, -0.2) is 0 Å². The zero-order chi connectivity index (χ0) is 15.6. The predicted octanol–water partition coefficient (Wildman–Crippen LogP) is 2.00. The molecule has 0 bridgehead atoms. The summed E-state index contributed by atoms with van der Waals surface area (Å²) in [6, 6.07) is 9.02. The number of rotatable bonds is 4. The molecule has 1 heterocycles. The second kappa shape index (κ2) is 5.83. The Morgan fingerprint density at radius 3 is 2.62 bits per heavy atom. The molecule has 2 rings (SSSR count). The van der Waals surface area contributed by atoms with Crippen molar-refractivity contribution in [2.24, 2.45) is 7.05 Å². The number of aliphatic carboxylic acids is 1. The van der Waals surface area contributed by atoms with Gasteiger partial charge in [0.2, 0.25) is 0 Å². The number of methoxy groups -OCH3 is 1. The Balaban J connectivity index is 2.61. The molecule has 0 saturated heterocycles. The van der Waals surface area contributed by atoms with Gasteiger partial charge in [-0.15, -0.1) is 0 Å². The number of hydrogen-bond donors (Lipinski definition) is 1. The summed E-state index contributed by atoms with van der Waals surface area (Å²) in [7, 11) is 3.20. The molecule has 0 atom stereocenters. The molecule has 21 heavy (non-hydrogen) atoms. The van der Waals surface area contributed by atoms with Gasteiger partial charge >= 0.3 is 5.97 Å². The molecule has 0 saturated carbocycles. The molecular weight excluding hydrogens is 270 g/mol. The first-order valence-corrected chi connectivity index (χ1v) is 6.49. The largest absolute Gasteiger partial charge is 0.496 e. The van der Waals surface area contributed by atoms with E-state index < -0.39 is 5.97 Å². The van der Waals surface area contributed by atoms with Gasteiger partial charge in [0.15, 0.2) is 0 Å². The number of carbonyl (C=O) groups is 1. The van der Waals surface area contributed by atoms with Crippen LogP contribution in [-0.2, 0) is 18.3 Å². The number of aromatic nitrogens is 1. The van der Waals surface area contributed by atoms with Crippen LogP contribution in [0.2, 0.25) is 0 Å². The van der Waals surface area contributed by atoms with Crippen LogP contribution in [0.5, 0.6) is 5.75 Å². The quantitative estimate of drug-likeness (QED) is 0.933. The zero-order valence-corrected chi connectivity index (χ0v) is 12.2. The summed E-state index contributed by atoms with van der Waals surface area (Å²) in [5.41, 5.74) is 2.50. The van der Waals surface area contributed by atoms with Crippen LogP contribution < -0.4 is 10.3 Å². The Hall–Kier alpha value is -2.56. The van der Waals surface area contributed by atoms with Gasteiger partial charge in [0, 0.05) is 18.2 Å². The fraction of sp³-hybridized carbons (Fsp3) is 0.250. The van der Waals surface area contributed by atoms with Crippen molar-refractivity contribution in [3.8, 4) is 17.0 Å². The first-order valence-electron chi connectivity index (χ1n) is 6.49. The number of benzene rings is 1. The van der Waals surface area contributed by atoms with E-state index in [2.05, 4.69) is 0 Å². The van der Waals surface area contributed by atoms with E-state index in [9.17, 15) is 9.59 Å². The van der Waals surface area contributed by atoms with Crippen LogP contribution in [0.3, 0.4) is 0 Å². The smallest absolute Gasteiger partial charge is 0.308 e. The average molecular weight is 287 g/mol. The molecule has 2 aromatic rings. The molecule has 0 amide bonds. The van der Waals surface area contributed by atoms with Crippen LogP contribution in [0.25, 0.3) is 11.3 Å². The van der Waals surface area contributed by atoms with Gasteiger partial charge in [-0.2, -0.15) is 0 Å². The van der Waals surface area contributed by atoms with Crippen molar-refractivity contribution in [2.45, 2.75) is 13.3 Å². The number of nitrogens with zero attached hydrogens (tertiary/aromatic N) is 1. The molecule has 5 nitrogen and oxygen atoms in total. The first-order chi connectivity index (χ1) is 9.93. The van der Waals surface area contributed by atoms with Crippen molar-refractivity contribution < 1.29 is 14.6 Å². The number of hydrogen-bond acceptors (Lipinski definition) is 3. The van der Waals surface area contributed by atoms with E-state index in [4.69, 9.17) is 9.84 Å². The molecule has 0 aliphatic carbocycles. The summed E-state index contributed by atoms with van der Waals surface area (Å²) in [5.74, 6) is -0.352. The van der Waals surface area contributed by atoms with Gasteiger partial charge in [-0.1, -0.05) is 17.7 Å². The topological polar surface area (TPSA) is 68.5 Å². The fourth-order valence-corrected chi connectivity index (χ4v) is 2.28. The number of aryl methyl sites for hydroxylation is 1. The van der Waals surface area contributed by atoms with E-state index >= 15 is 0 Å². The third-order valence-corrected chi connectivity index (χ3v) is 3.36. The zero-order valence-electron chi connectivity index (χ0n) is 12.2. The summed E-state index contributed by atoms with van der Waals surface area (Å²) in [4.78, 5) is 23.0. The fourth-order valence-electron chi connectivity index (χ4n) is 2.28. The summed E-state index contributed by atoms with van der Waals surface area (Å²) >= 11 is 0. The van der Waals surface area contributed by atoms with Crippen LogP contribution in [0.1, 0.15) is 11.1 Å². The van der Waals surface area contributed by atoms with E-state index in [1.54, 1.807) is 26.3 Å². The van der Waals surface area contributed by atoms with Crippen molar-refractivity contribution >= 4 is 5.97 Å². The van der Waals surface area contributed by atoms with Gasteiger partial charge < -0.3 is 14.4 Å². The Morgan fingerprint density at radius 2 is 2.00 bits per heavy atom. The molecule has 0 spiro atoms. The van der Waals surface area contributed by atoms with Gasteiger partial charge in [0.1, 0.15) is 5.75 Å². The molecule has 5 heteroatoms. The van der Waals surface area contributed by atoms with Crippen LogP contribution in [-0.4, -0.2) is 22.8 Å². The summed E-state index contributed by atoms with van der Waals surface area (Å²) in [5, 5.41) is 8.82. The van der Waals surface area contributed by atoms with Crippen LogP contribution in [0, 0.1) is 6.92 Å². The second-order valence-electron chi connectivity index (χ2n) is 4.88. The minimum absolute atomic E-state index is 0.264. The Labute approximate surface area is 122 Å². The van der Waals surface area contributed by atoms with E-state index in [0.29, 0.717) is 11.4 Å². The lowest BCUT2D eigenvalue weighted by atomic mass is 10.0. The normalized spacial score (nSPS) is 10.4. The molecule has 1 aromatic carbocycles. The third-order valence-electron chi connectivity index (χ3n) is 3.36. The SMILES string of the molecule is COc1ccc(C)cc1-c1ccc(CC(=O)O)c(=O)n1C. The molecule has 0 radical (unpaired) electrons. The Morgan fingerprint density at radius 1 is 1.29 bits per heavy atom. The summed E-state index contributed by atoms with van der Waals surface area (Å²) < 4.78 is 6.79. The maximum Gasteiger partial charge on any atom is 0.308 e. The van der Waals surface area contributed by atoms with E-state index in [0.717, 1.165) is 11.1 Å². The minimum Gasteiger partial charge on any atom is -0.496 e. The monoisotopic (exact) mass is 287 g/mol. The van der Waals surface area contributed by atoms with Gasteiger partial charge in [-0.3, -0.25) is 9.59 Å². The van der Waals surface area contributed by atoms with E-state index in [-0.39, 0.29) is 17.5 Å². The highest BCUT2D eigenvalue weighted by Gasteiger charge is 2.13. The Bertz CT molecular complexity index is 746. The molecular formula is C16H17NO4. The maximum absolute atomic E-state index is 12.2. The van der Waals surface area contributed by atoms with Gasteiger partial charge in [-0.05, 0) is 25.1 Å². The molecule has 0 aliphatic heterocycles. The lowest BCUT2D eigenvalue weighted by molar-refractivity contribution is -0.136. The minimum atomic E-state index is -1.02. The molecule has 0 aliphatic rings. The highest BCUT2D eigenvalue weighted by atomic mass is 16.5. The number of pyridine rings is 1. The Kier molecular flexibility index (Phi) is 4.12. The second-order valence-corrected chi connectivity index (χ2v) is 4.88. The predicted molar refractivity (Wildman–Crippen MR) is 79.7 cm³/mol. The molecule has 110 valence electrons. The lowest BCUT2D eigenvalue weighted by Gasteiger charge is -2.14. The lowest BCUT2D eigenvalue weighted by Crippen LogP contribution is -2.24. The van der Waals surface area contributed by atoms with Gasteiger partial charge in [0.05, 0.1) is 19.2 Å². The number of carboxylic acid groups (broad SMARTS) is 1. The average Bonchev–Trinajstić information content (AvgIpc) is 2.44. The maximum atomic E-state index is 12.2. The third kappa shape index (κ3) is 2.97.